The van der Waals surface area contributed by atoms with Crippen LogP contribution in [0, 0.1) is 13.8 Å². The van der Waals surface area contributed by atoms with E-state index in [0.29, 0.717) is 23.4 Å². The molecule has 1 aromatic carbocycles. The third-order valence-electron chi connectivity index (χ3n) is 4.40. The lowest BCUT2D eigenvalue weighted by atomic mass is 10.2. The average molecular weight is 347 g/mol. The van der Waals surface area contributed by atoms with Gasteiger partial charge in [0, 0.05) is 29.0 Å². The van der Waals surface area contributed by atoms with Crippen molar-refractivity contribution in [2.75, 3.05) is 13.2 Å². The molecular formula is C19H23ClN2O2. The highest BCUT2D eigenvalue weighted by Crippen LogP contribution is 2.38. The Hall–Kier alpha value is -1.94. The Morgan fingerprint density at radius 2 is 2.00 bits per heavy atom. The Bertz CT molecular complexity index is 718. The van der Waals surface area contributed by atoms with Gasteiger partial charge in [-0.15, -0.1) is 0 Å². The average Bonchev–Trinajstić information content (AvgIpc) is 3.34. The van der Waals surface area contributed by atoms with Gasteiger partial charge < -0.3 is 14.6 Å². The summed E-state index contributed by atoms with van der Waals surface area (Å²) in [5, 5.41) is 3.56. The SMILES string of the molecule is Cc1cc(CCNC(=O)COc2ccc(Cl)cc2)c(C)n1C1CC1. The van der Waals surface area contributed by atoms with Crippen molar-refractivity contribution in [2.45, 2.75) is 39.2 Å². The molecule has 0 bridgehead atoms. The normalized spacial score (nSPS) is 13.8. The summed E-state index contributed by atoms with van der Waals surface area (Å²) >= 11 is 5.81. The number of carbonyl (C=O) groups is 1. The quantitative estimate of drug-likeness (QED) is 0.828. The molecule has 0 radical (unpaired) electrons. The number of halogens is 1. The Morgan fingerprint density at radius 1 is 1.29 bits per heavy atom. The van der Waals surface area contributed by atoms with Gasteiger partial charge in [-0.25, -0.2) is 0 Å². The van der Waals surface area contributed by atoms with E-state index in [1.807, 2.05) is 0 Å². The second-order valence-electron chi connectivity index (χ2n) is 6.34. The van der Waals surface area contributed by atoms with E-state index in [1.165, 1.54) is 29.8 Å². The van der Waals surface area contributed by atoms with Crippen molar-refractivity contribution in [1.82, 2.24) is 9.88 Å². The number of rotatable bonds is 7. The second-order valence-corrected chi connectivity index (χ2v) is 6.78. The number of benzene rings is 1. The maximum atomic E-state index is 11.9. The van der Waals surface area contributed by atoms with Gasteiger partial charge in [-0.3, -0.25) is 4.79 Å². The van der Waals surface area contributed by atoms with E-state index in [4.69, 9.17) is 16.3 Å². The van der Waals surface area contributed by atoms with Crippen LogP contribution in [0.1, 0.15) is 35.8 Å². The molecule has 1 aliphatic rings. The van der Waals surface area contributed by atoms with Crippen molar-refractivity contribution < 1.29 is 9.53 Å². The smallest absolute Gasteiger partial charge is 0.257 e. The molecule has 1 amide bonds. The first-order chi connectivity index (χ1) is 11.5. The van der Waals surface area contributed by atoms with E-state index in [1.54, 1.807) is 24.3 Å². The maximum absolute atomic E-state index is 11.9. The van der Waals surface area contributed by atoms with Crippen molar-refractivity contribution in [3.8, 4) is 5.75 Å². The highest BCUT2D eigenvalue weighted by atomic mass is 35.5. The molecule has 0 aliphatic heterocycles. The molecule has 1 aromatic heterocycles. The lowest BCUT2D eigenvalue weighted by Crippen LogP contribution is -2.30. The second kappa shape index (κ2) is 7.31. The van der Waals surface area contributed by atoms with E-state index in [0.717, 1.165) is 6.42 Å². The first-order valence-corrected chi connectivity index (χ1v) is 8.75. The summed E-state index contributed by atoms with van der Waals surface area (Å²) in [6, 6.07) is 9.92. The fourth-order valence-corrected chi connectivity index (χ4v) is 3.19. The Morgan fingerprint density at radius 3 is 2.67 bits per heavy atom. The first kappa shape index (κ1) is 16.9. The predicted octanol–water partition coefficient (Wildman–Crippen LogP) is 3.83. The number of nitrogens with zero attached hydrogens (tertiary/aromatic N) is 1. The molecule has 5 heteroatoms. The van der Waals surface area contributed by atoms with E-state index in [-0.39, 0.29) is 12.5 Å². The number of aromatic nitrogens is 1. The minimum Gasteiger partial charge on any atom is -0.484 e. The van der Waals surface area contributed by atoms with Crippen LogP contribution in [-0.2, 0) is 11.2 Å². The summed E-state index contributed by atoms with van der Waals surface area (Å²) in [7, 11) is 0. The van der Waals surface area contributed by atoms with Gasteiger partial charge in [0.15, 0.2) is 6.61 Å². The molecule has 1 aliphatic carbocycles. The van der Waals surface area contributed by atoms with Crippen LogP contribution < -0.4 is 10.1 Å². The number of aryl methyl sites for hydroxylation is 1. The fourth-order valence-electron chi connectivity index (χ4n) is 3.06. The van der Waals surface area contributed by atoms with E-state index in [2.05, 4.69) is 29.8 Å². The van der Waals surface area contributed by atoms with Gasteiger partial charge in [0.25, 0.3) is 5.91 Å². The molecule has 3 rings (SSSR count). The first-order valence-electron chi connectivity index (χ1n) is 8.37. The minimum absolute atomic E-state index is 0.0166. The zero-order valence-electron chi connectivity index (χ0n) is 14.1. The summed E-state index contributed by atoms with van der Waals surface area (Å²) < 4.78 is 7.87. The van der Waals surface area contributed by atoms with Crippen molar-refractivity contribution in [3.05, 3.63) is 52.3 Å². The molecule has 1 heterocycles. The number of amides is 1. The van der Waals surface area contributed by atoms with Gasteiger partial charge in [-0.05, 0) is 69.0 Å². The molecule has 1 N–H and O–H groups in total. The van der Waals surface area contributed by atoms with E-state index >= 15 is 0 Å². The van der Waals surface area contributed by atoms with Crippen molar-refractivity contribution in [2.24, 2.45) is 0 Å². The molecule has 2 aromatic rings. The standard InChI is InChI=1S/C19H23ClN2O2/c1-13-11-15(14(2)22(13)17-5-6-17)9-10-21-19(23)12-24-18-7-3-16(20)4-8-18/h3-4,7-8,11,17H,5-6,9-10,12H2,1-2H3,(H,21,23). The van der Waals surface area contributed by atoms with Crippen LogP contribution in [0.5, 0.6) is 5.75 Å². The fraction of sp³-hybridized carbons (Fsp3) is 0.421. The van der Waals surface area contributed by atoms with Crippen molar-refractivity contribution >= 4 is 17.5 Å². The Balaban J connectivity index is 1.43. The van der Waals surface area contributed by atoms with Crippen LogP contribution in [-0.4, -0.2) is 23.6 Å². The van der Waals surface area contributed by atoms with Crippen LogP contribution in [0.25, 0.3) is 0 Å². The molecule has 128 valence electrons. The molecule has 0 spiro atoms. The molecule has 0 unspecified atom stereocenters. The topological polar surface area (TPSA) is 43.3 Å². The largest absolute Gasteiger partial charge is 0.484 e. The number of ether oxygens (including phenoxy) is 1. The van der Waals surface area contributed by atoms with Gasteiger partial charge in [-0.1, -0.05) is 11.6 Å². The van der Waals surface area contributed by atoms with Crippen molar-refractivity contribution in [3.63, 3.8) is 0 Å². The number of carbonyl (C=O) groups excluding carboxylic acids is 1. The molecule has 0 atom stereocenters. The monoisotopic (exact) mass is 346 g/mol. The summed E-state index contributed by atoms with van der Waals surface area (Å²) in [6.45, 7) is 4.97. The third kappa shape index (κ3) is 4.12. The summed E-state index contributed by atoms with van der Waals surface area (Å²) in [5.74, 6) is 0.531. The number of nitrogens with one attached hydrogen (secondary N) is 1. The summed E-state index contributed by atoms with van der Waals surface area (Å²) in [5.41, 5.74) is 3.97. The van der Waals surface area contributed by atoms with Gasteiger partial charge in [0.2, 0.25) is 0 Å². The lowest BCUT2D eigenvalue weighted by Gasteiger charge is -2.09. The zero-order valence-corrected chi connectivity index (χ0v) is 14.9. The van der Waals surface area contributed by atoms with E-state index in [9.17, 15) is 4.79 Å². The third-order valence-corrected chi connectivity index (χ3v) is 4.65. The molecule has 1 fully saturated rings. The van der Waals surface area contributed by atoms with Gasteiger partial charge >= 0.3 is 0 Å². The lowest BCUT2D eigenvalue weighted by molar-refractivity contribution is -0.123. The molecule has 4 nitrogen and oxygen atoms in total. The Kier molecular flexibility index (Phi) is 5.14. The predicted molar refractivity (Wildman–Crippen MR) is 95.8 cm³/mol. The number of hydrogen-bond donors (Lipinski definition) is 1. The van der Waals surface area contributed by atoms with Crippen LogP contribution in [0.4, 0.5) is 0 Å². The summed E-state index contributed by atoms with van der Waals surface area (Å²) in [4.78, 5) is 11.9. The molecular weight excluding hydrogens is 324 g/mol. The van der Waals surface area contributed by atoms with Gasteiger partial charge in [0.1, 0.15) is 5.75 Å². The molecule has 1 saturated carbocycles. The minimum atomic E-state index is -0.110. The van der Waals surface area contributed by atoms with Gasteiger partial charge in [0.05, 0.1) is 0 Å². The highest BCUT2D eigenvalue weighted by molar-refractivity contribution is 6.30. The molecule has 0 saturated heterocycles. The zero-order chi connectivity index (χ0) is 17.1. The maximum Gasteiger partial charge on any atom is 0.257 e. The van der Waals surface area contributed by atoms with E-state index < -0.39 is 0 Å². The number of hydrogen-bond acceptors (Lipinski definition) is 2. The van der Waals surface area contributed by atoms with Crippen LogP contribution >= 0.6 is 11.6 Å². The van der Waals surface area contributed by atoms with Crippen LogP contribution in [0.2, 0.25) is 5.02 Å². The molecule has 24 heavy (non-hydrogen) atoms. The summed E-state index contributed by atoms with van der Waals surface area (Å²) in [6.07, 6.45) is 3.42. The van der Waals surface area contributed by atoms with Crippen molar-refractivity contribution in [1.29, 1.82) is 0 Å². The highest BCUT2D eigenvalue weighted by Gasteiger charge is 2.26. The van der Waals surface area contributed by atoms with Crippen LogP contribution in [0.15, 0.2) is 30.3 Å². The Labute approximate surface area is 147 Å². The van der Waals surface area contributed by atoms with Gasteiger partial charge in [-0.2, -0.15) is 0 Å². The van der Waals surface area contributed by atoms with Crippen LogP contribution in [0.3, 0.4) is 0 Å².